The lowest BCUT2D eigenvalue weighted by atomic mass is 10.1. The molecule has 0 aliphatic rings. The molecule has 2 amide bonds. The first-order valence-corrected chi connectivity index (χ1v) is 8.81. The highest BCUT2D eigenvalue weighted by molar-refractivity contribution is 5.88. The van der Waals surface area contributed by atoms with E-state index in [9.17, 15) is 14.4 Å². The zero-order valence-corrected chi connectivity index (χ0v) is 15.7. The summed E-state index contributed by atoms with van der Waals surface area (Å²) < 4.78 is 4.99. The number of nitrogens with one attached hydrogen (secondary N) is 1. The molecule has 1 aromatic carbocycles. The van der Waals surface area contributed by atoms with Gasteiger partial charge < -0.3 is 26.9 Å². The number of carbonyl (C=O) groups is 2. The van der Waals surface area contributed by atoms with Crippen LogP contribution >= 0.6 is 0 Å². The largest absolute Gasteiger partial charge is 0.423 e. The van der Waals surface area contributed by atoms with Gasteiger partial charge in [-0.3, -0.25) is 9.59 Å². The molecule has 2 rings (SSSR count). The zero-order valence-electron chi connectivity index (χ0n) is 15.7. The molecule has 2 aromatic rings. The van der Waals surface area contributed by atoms with Gasteiger partial charge in [-0.1, -0.05) is 24.6 Å². The molecule has 0 aliphatic heterocycles. The van der Waals surface area contributed by atoms with Crippen LogP contribution in [0.2, 0.25) is 0 Å². The minimum Gasteiger partial charge on any atom is -0.423 e. The van der Waals surface area contributed by atoms with Crippen LogP contribution in [0.25, 0.3) is 11.0 Å². The number of primary amides is 1. The van der Waals surface area contributed by atoms with Crippen molar-refractivity contribution in [1.82, 2.24) is 5.32 Å². The van der Waals surface area contributed by atoms with Crippen molar-refractivity contribution in [1.29, 1.82) is 0 Å². The Hall–Kier alpha value is -2.71. The van der Waals surface area contributed by atoms with Crippen LogP contribution in [0.5, 0.6) is 0 Å². The summed E-state index contributed by atoms with van der Waals surface area (Å²) in [5.74, 6) is -0.921. The first-order chi connectivity index (χ1) is 12.8. The second-order valence-electron chi connectivity index (χ2n) is 6.27. The molecule has 0 saturated carbocycles. The molecular weight excluding hydrogens is 348 g/mol. The van der Waals surface area contributed by atoms with E-state index in [-0.39, 0.29) is 11.5 Å². The lowest BCUT2D eigenvalue weighted by Gasteiger charge is -2.14. The van der Waals surface area contributed by atoms with E-state index in [1.54, 1.807) is 6.07 Å². The van der Waals surface area contributed by atoms with E-state index in [4.69, 9.17) is 21.6 Å². The molecule has 7 N–H and O–H groups in total. The first-order valence-electron chi connectivity index (χ1n) is 8.81. The summed E-state index contributed by atoms with van der Waals surface area (Å²) in [6.45, 7) is 4.01. The van der Waals surface area contributed by atoms with Crippen molar-refractivity contribution in [3.05, 3.63) is 46.3 Å². The first kappa shape index (κ1) is 22.3. The molecule has 1 heterocycles. The molecule has 0 bridgehead atoms. The lowest BCUT2D eigenvalue weighted by molar-refractivity contribution is -0.127. The quantitative estimate of drug-likeness (QED) is 0.408. The highest BCUT2D eigenvalue weighted by atomic mass is 16.4. The van der Waals surface area contributed by atoms with E-state index < -0.39 is 18.0 Å². The standard InChI is InChI=1S/C10H8O2.C9H20N4O2/c1-7-6-10(11)12-9-5-3-2-4-8(7)9;1-6(8(12)14)13-9(15)7(11)4-2-3-5-10/h2-6H,1H3;6-7H,2-5,10-11H2,1H3,(H2,12,14)(H,13,15). The molecule has 0 radical (unpaired) electrons. The predicted octanol–water partition coefficient (Wildman–Crippen LogP) is 0.534. The maximum atomic E-state index is 11.4. The van der Waals surface area contributed by atoms with E-state index >= 15 is 0 Å². The van der Waals surface area contributed by atoms with Crippen molar-refractivity contribution >= 4 is 22.8 Å². The molecule has 27 heavy (non-hydrogen) atoms. The third-order valence-electron chi connectivity index (χ3n) is 3.95. The summed E-state index contributed by atoms with van der Waals surface area (Å²) in [5, 5.41) is 3.43. The van der Waals surface area contributed by atoms with Crippen LogP contribution in [0.15, 0.2) is 39.5 Å². The number of rotatable bonds is 7. The molecule has 8 heteroatoms. The Morgan fingerprint density at radius 2 is 1.89 bits per heavy atom. The van der Waals surface area contributed by atoms with Crippen molar-refractivity contribution in [2.75, 3.05) is 6.54 Å². The van der Waals surface area contributed by atoms with Gasteiger partial charge in [0.1, 0.15) is 11.6 Å². The van der Waals surface area contributed by atoms with E-state index in [0.29, 0.717) is 18.5 Å². The van der Waals surface area contributed by atoms with Crippen LogP contribution in [0, 0.1) is 6.92 Å². The number of fused-ring (bicyclic) bond motifs is 1. The van der Waals surface area contributed by atoms with E-state index in [0.717, 1.165) is 23.8 Å². The Labute approximate surface area is 158 Å². The number of carbonyl (C=O) groups excluding carboxylic acids is 2. The number of unbranched alkanes of at least 4 members (excludes halogenated alkanes) is 1. The van der Waals surface area contributed by atoms with Gasteiger partial charge in [0.15, 0.2) is 0 Å². The fourth-order valence-corrected chi connectivity index (χ4v) is 2.31. The minimum atomic E-state index is -0.682. The van der Waals surface area contributed by atoms with Gasteiger partial charge in [-0.2, -0.15) is 0 Å². The molecule has 8 nitrogen and oxygen atoms in total. The van der Waals surface area contributed by atoms with Gasteiger partial charge in [0, 0.05) is 11.5 Å². The van der Waals surface area contributed by atoms with Crippen LogP contribution in [0.4, 0.5) is 0 Å². The summed E-state index contributed by atoms with van der Waals surface area (Å²) in [4.78, 5) is 33.0. The lowest BCUT2D eigenvalue weighted by Crippen LogP contribution is -2.48. The summed E-state index contributed by atoms with van der Waals surface area (Å²) in [7, 11) is 0. The summed E-state index contributed by atoms with van der Waals surface area (Å²) >= 11 is 0. The smallest absolute Gasteiger partial charge is 0.336 e. The Balaban J connectivity index is 0.000000274. The maximum absolute atomic E-state index is 11.4. The number of hydrogen-bond acceptors (Lipinski definition) is 6. The summed E-state index contributed by atoms with van der Waals surface area (Å²) in [6.07, 6.45) is 2.21. The van der Waals surface area contributed by atoms with Crippen molar-refractivity contribution in [2.24, 2.45) is 17.2 Å². The van der Waals surface area contributed by atoms with Crippen LogP contribution in [0.3, 0.4) is 0 Å². The van der Waals surface area contributed by atoms with Crippen LogP contribution in [-0.2, 0) is 9.59 Å². The van der Waals surface area contributed by atoms with E-state index in [1.165, 1.54) is 13.0 Å². The molecule has 0 aliphatic carbocycles. The highest BCUT2D eigenvalue weighted by Crippen LogP contribution is 2.14. The average Bonchev–Trinajstić information content (AvgIpc) is 2.62. The predicted molar refractivity (Wildman–Crippen MR) is 105 cm³/mol. The highest BCUT2D eigenvalue weighted by Gasteiger charge is 2.17. The average molecular weight is 376 g/mol. The number of para-hydroxylation sites is 1. The Bertz CT molecular complexity index is 819. The topological polar surface area (TPSA) is 154 Å². The van der Waals surface area contributed by atoms with Crippen molar-refractivity contribution in [3.63, 3.8) is 0 Å². The molecule has 0 fully saturated rings. The molecule has 2 unspecified atom stereocenters. The monoisotopic (exact) mass is 376 g/mol. The summed E-state index contributed by atoms with van der Waals surface area (Å²) in [5.41, 5.74) is 17.2. The van der Waals surface area contributed by atoms with Crippen LogP contribution < -0.4 is 28.1 Å². The fourth-order valence-electron chi connectivity index (χ4n) is 2.31. The van der Waals surface area contributed by atoms with Crippen molar-refractivity contribution in [3.8, 4) is 0 Å². The molecule has 0 saturated heterocycles. The molecule has 1 aromatic heterocycles. The third-order valence-corrected chi connectivity index (χ3v) is 3.95. The van der Waals surface area contributed by atoms with Gasteiger partial charge >= 0.3 is 5.63 Å². The summed E-state index contributed by atoms with van der Waals surface area (Å²) in [6, 6.07) is 7.73. The van der Waals surface area contributed by atoms with Gasteiger partial charge in [-0.25, -0.2) is 4.79 Å². The SMILES string of the molecule is CC(NC(=O)C(N)CCCCN)C(N)=O.Cc1cc(=O)oc2ccccc12. The zero-order chi connectivity index (χ0) is 20.4. The Kier molecular flexibility index (Phi) is 9.18. The third kappa shape index (κ3) is 7.59. The maximum Gasteiger partial charge on any atom is 0.336 e. The normalized spacial score (nSPS) is 12.6. The number of hydrogen-bond donors (Lipinski definition) is 4. The number of amides is 2. The Morgan fingerprint density at radius 1 is 1.22 bits per heavy atom. The van der Waals surface area contributed by atoms with Crippen molar-refractivity contribution < 1.29 is 14.0 Å². The van der Waals surface area contributed by atoms with E-state index in [1.807, 2.05) is 25.1 Å². The number of nitrogens with two attached hydrogens (primary N) is 3. The fraction of sp³-hybridized carbons (Fsp3) is 0.421. The van der Waals surface area contributed by atoms with Gasteiger partial charge in [0.2, 0.25) is 11.8 Å². The van der Waals surface area contributed by atoms with Crippen LogP contribution in [0.1, 0.15) is 31.7 Å². The van der Waals surface area contributed by atoms with Crippen LogP contribution in [-0.4, -0.2) is 30.4 Å². The molecular formula is C19H28N4O4. The Morgan fingerprint density at radius 3 is 2.52 bits per heavy atom. The molecule has 148 valence electrons. The van der Waals surface area contributed by atoms with Gasteiger partial charge in [-0.05, 0) is 44.9 Å². The van der Waals surface area contributed by atoms with Gasteiger partial charge in [0.25, 0.3) is 0 Å². The second kappa shape index (κ2) is 11.1. The van der Waals surface area contributed by atoms with Gasteiger partial charge in [-0.15, -0.1) is 0 Å². The molecule has 2 atom stereocenters. The number of aryl methyl sites for hydroxylation is 1. The van der Waals surface area contributed by atoms with E-state index in [2.05, 4.69) is 5.32 Å². The van der Waals surface area contributed by atoms with Gasteiger partial charge in [0.05, 0.1) is 6.04 Å². The van der Waals surface area contributed by atoms with Crippen molar-refractivity contribution in [2.45, 2.75) is 45.2 Å². The number of benzene rings is 1. The molecule has 0 spiro atoms. The minimum absolute atomic E-state index is 0.286. The second-order valence-corrected chi connectivity index (χ2v) is 6.27.